The molecule has 1 saturated heterocycles. The third-order valence-electron chi connectivity index (χ3n) is 4.11. The molecule has 1 aromatic carbocycles. The van der Waals surface area contributed by atoms with Crippen molar-refractivity contribution >= 4 is 23.2 Å². The fourth-order valence-electron chi connectivity index (χ4n) is 2.76. The molecule has 1 fully saturated rings. The average molecular weight is 296 g/mol. The van der Waals surface area contributed by atoms with Crippen molar-refractivity contribution in [3.8, 4) is 0 Å². The van der Waals surface area contributed by atoms with E-state index in [-0.39, 0.29) is 11.9 Å². The molecule has 1 aliphatic heterocycles. The van der Waals surface area contributed by atoms with Crippen LogP contribution in [0.25, 0.3) is 0 Å². The fourth-order valence-corrected chi connectivity index (χ4v) is 2.89. The van der Waals surface area contributed by atoms with Crippen molar-refractivity contribution in [1.29, 1.82) is 0 Å². The van der Waals surface area contributed by atoms with E-state index in [2.05, 4.69) is 5.32 Å². The van der Waals surface area contributed by atoms with E-state index in [4.69, 9.17) is 11.6 Å². The summed E-state index contributed by atoms with van der Waals surface area (Å²) in [5.41, 5.74) is 0.817. The average Bonchev–Trinajstić information content (AvgIpc) is 2.40. The van der Waals surface area contributed by atoms with Crippen molar-refractivity contribution in [3.63, 3.8) is 0 Å². The van der Waals surface area contributed by atoms with Gasteiger partial charge in [0.05, 0.1) is 13.1 Å². The van der Waals surface area contributed by atoms with Crippen molar-refractivity contribution in [2.45, 2.75) is 45.1 Å². The number of quaternary nitrogens is 1. The van der Waals surface area contributed by atoms with E-state index in [1.165, 1.54) is 37.0 Å². The SMILES string of the molecule is C[C@@H](C(=O)Nc1ccc(Cl)cc1)[NH+]1CCCCCCC1. The molecule has 0 unspecified atom stereocenters. The molecule has 0 saturated carbocycles. The van der Waals surface area contributed by atoms with Gasteiger partial charge in [-0.1, -0.05) is 18.0 Å². The van der Waals surface area contributed by atoms with Gasteiger partial charge in [-0.15, -0.1) is 0 Å². The van der Waals surface area contributed by atoms with Crippen LogP contribution in [0.5, 0.6) is 0 Å². The third kappa shape index (κ3) is 4.50. The Morgan fingerprint density at radius 3 is 2.25 bits per heavy atom. The molecule has 3 nitrogen and oxygen atoms in total. The van der Waals surface area contributed by atoms with Crippen LogP contribution in [0.3, 0.4) is 0 Å². The van der Waals surface area contributed by atoms with Gasteiger partial charge in [0, 0.05) is 10.7 Å². The number of hydrogen-bond donors (Lipinski definition) is 2. The molecule has 1 heterocycles. The molecule has 1 amide bonds. The Balaban J connectivity index is 1.91. The highest BCUT2D eigenvalue weighted by molar-refractivity contribution is 6.30. The molecule has 20 heavy (non-hydrogen) atoms. The first-order chi connectivity index (χ1) is 9.66. The van der Waals surface area contributed by atoms with Crippen LogP contribution < -0.4 is 10.2 Å². The summed E-state index contributed by atoms with van der Waals surface area (Å²) in [6.45, 7) is 4.24. The molecular formula is C16H24ClN2O+. The number of hydrogen-bond acceptors (Lipinski definition) is 1. The lowest BCUT2D eigenvalue weighted by atomic mass is 10.1. The van der Waals surface area contributed by atoms with Crippen molar-refractivity contribution in [3.05, 3.63) is 29.3 Å². The van der Waals surface area contributed by atoms with E-state index in [0.29, 0.717) is 5.02 Å². The van der Waals surface area contributed by atoms with Crippen LogP contribution >= 0.6 is 11.6 Å². The first-order valence-electron chi connectivity index (χ1n) is 7.58. The Labute approximate surface area is 126 Å². The second-order valence-electron chi connectivity index (χ2n) is 5.64. The number of carbonyl (C=O) groups is 1. The van der Waals surface area contributed by atoms with Gasteiger partial charge in [0.25, 0.3) is 5.91 Å². The molecule has 4 heteroatoms. The zero-order chi connectivity index (χ0) is 14.4. The van der Waals surface area contributed by atoms with Crippen LogP contribution in [0.2, 0.25) is 5.02 Å². The van der Waals surface area contributed by atoms with Gasteiger partial charge >= 0.3 is 0 Å². The van der Waals surface area contributed by atoms with E-state index in [9.17, 15) is 4.79 Å². The first-order valence-corrected chi connectivity index (χ1v) is 7.95. The van der Waals surface area contributed by atoms with Gasteiger partial charge in [-0.25, -0.2) is 0 Å². The zero-order valence-corrected chi connectivity index (χ0v) is 12.9. The molecule has 1 atom stereocenters. The Hall–Kier alpha value is -1.06. The molecule has 0 spiro atoms. The smallest absolute Gasteiger partial charge is 0.282 e. The predicted molar refractivity (Wildman–Crippen MR) is 83.3 cm³/mol. The van der Waals surface area contributed by atoms with Gasteiger partial charge in [0.1, 0.15) is 0 Å². The predicted octanol–water partition coefficient (Wildman–Crippen LogP) is 2.52. The van der Waals surface area contributed by atoms with Crippen LogP contribution in [-0.4, -0.2) is 25.0 Å². The summed E-state index contributed by atoms with van der Waals surface area (Å²) in [6.07, 6.45) is 6.41. The second kappa shape index (κ2) is 7.65. The molecule has 2 rings (SSSR count). The summed E-state index contributed by atoms with van der Waals surface area (Å²) in [5.74, 6) is 0.0999. The van der Waals surface area contributed by atoms with Crippen molar-refractivity contribution in [2.75, 3.05) is 18.4 Å². The van der Waals surface area contributed by atoms with Crippen LogP contribution in [0.4, 0.5) is 5.69 Å². The Kier molecular flexibility index (Phi) is 5.86. The normalized spacial score (nSPS) is 18.9. The number of likely N-dealkylation sites (tertiary alicyclic amines) is 1. The number of rotatable bonds is 3. The number of carbonyl (C=O) groups excluding carboxylic acids is 1. The monoisotopic (exact) mass is 295 g/mol. The van der Waals surface area contributed by atoms with Crippen LogP contribution in [0, 0.1) is 0 Å². The summed E-state index contributed by atoms with van der Waals surface area (Å²) in [6, 6.07) is 7.28. The molecule has 0 aliphatic carbocycles. The lowest BCUT2D eigenvalue weighted by Crippen LogP contribution is -3.16. The fraction of sp³-hybridized carbons (Fsp3) is 0.562. The summed E-state index contributed by atoms with van der Waals surface area (Å²) < 4.78 is 0. The second-order valence-corrected chi connectivity index (χ2v) is 6.08. The molecule has 0 bridgehead atoms. The number of anilines is 1. The number of halogens is 1. The molecular weight excluding hydrogens is 272 g/mol. The van der Waals surface area contributed by atoms with Crippen LogP contribution in [0.15, 0.2) is 24.3 Å². The minimum atomic E-state index is 0.00350. The van der Waals surface area contributed by atoms with Gasteiger partial charge in [-0.2, -0.15) is 0 Å². The number of nitrogens with one attached hydrogen (secondary N) is 2. The minimum Gasteiger partial charge on any atom is -0.325 e. The summed E-state index contributed by atoms with van der Waals surface area (Å²) >= 11 is 5.85. The maximum Gasteiger partial charge on any atom is 0.282 e. The van der Waals surface area contributed by atoms with Gasteiger partial charge in [-0.05, 0) is 56.9 Å². The van der Waals surface area contributed by atoms with E-state index < -0.39 is 0 Å². The van der Waals surface area contributed by atoms with E-state index in [1.54, 1.807) is 12.1 Å². The van der Waals surface area contributed by atoms with Gasteiger partial charge < -0.3 is 10.2 Å². The Morgan fingerprint density at radius 2 is 1.65 bits per heavy atom. The van der Waals surface area contributed by atoms with Crippen LogP contribution in [-0.2, 0) is 4.79 Å². The van der Waals surface area contributed by atoms with Crippen LogP contribution in [0.1, 0.15) is 39.0 Å². The Morgan fingerprint density at radius 1 is 1.10 bits per heavy atom. The number of amides is 1. The van der Waals surface area contributed by atoms with E-state index >= 15 is 0 Å². The summed E-state index contributed by atoms with van der Waals surface area (Å²) in [5, 5.41) is 3.67. The quantitative estimate of drug-likeness (QED) is 0.883. The summed E-state index contributed by atoms with van der Waals surface area (Å²) in [7, 11) is 0. The maximum atomic E-state index is 12.3. The van der Waals surface area contributed by atoms with Crippen molar-refractivity contribution in [2.24, 2.45) is 0 Å². The third-order valence-corrected chi connectivity index (χ3v) is 4.37. The topological polar surface area (TPSA) is 33.5 Å². The highest BCUT2D eigenvalue weighted by atomic mass is 35.5. The molecule has 110 valence electrons. The highest BCUT2D eigenvalue weighted by Gasteiger charge is 2.25. The standard InChI is InChI=1S/C16H23ClN2O/c1-13(19-11-5-3-2-4-6-12-19)16(20)18-15-9-7-14(17)8-10-15/h7-10,13H,2-6,11-12H2,1H3,(H,18,20)/p+1/t13-/m0/s1. The van der Waals surface area contributed by atoms with Crippen molar-refractivity contribution < 1.29 is 9.69 Å². The number of benzene rings is 1. The molecule has 1 aromatic rings. The summed E-state index contributed by atoms with van der Waals surface area (Å²) in [4.78, 5) is 13.7. The zero-order valence-electron chi connectivity index (χ0n) is 12.1. The maximum absolute atomic E-state index is 12.3. The van der Waals surface area contributed by atoms with Crippen molar-refractivity contribution in [1.82, 2.24) is 0 Å². The van der Waals surface area contributed by atoms with E-state index in [0.717, 1.165) is 18.8 Å². The lowest BCUT2D eigenvalue weighted by Gasteiger charge is -2.26. The highest BCUT2D eigenvalue weighted by Crippen LogP contribution is 2.13. The van der Waals surface area contributed by atoms with Gasteiger partial charge in [0.15, 0.2) is 6.04 Å². The van der Waals surface area contributed by atoms with E-state index in [1.807, 2.05) is 19.1 Å². The molecule has 1 aliphatic rings. The minimum absolute atomic E-state index is 0.00350. The van der Waals surface area contributed by atoms with Gasteiger partial charge in [-0.3, -0.25) is 4.79 Å². The van der Waals surface area contributed by atoms with Gasteiger partial charge in [0.2, 0.25) is 0 Å². The lowest BCUT2D eigenvalue weighted by molar-refractivity contribution is -0.914. The largest absolute Gasteiger partial charge is 0.325 e. The molecule has 0 radical (unpaired) electrons. The molecule has 2 N–H and O–H groups in total. The first kappa shape index (κ1) is 15.3. The molecule has 0 aromatic heterocycles. The Bertz CT molecular complexity index is 425.